The number of carboxylic acids is 1. The summed E-state index contributed by atoms with van der Waals surface area (Å²) in [6, 6.07) is 4.84. The topological polar surface area (TPSA) is 57.5 Å². The van der Waals surface area contributed by atoms with E-state index in [0.29, 0.717) is 5.56 Å². The van der Waals surface area contributed by atoms with Crippen molar-refractivity contribution >= 4 is 5.97 Å². The SMILES string of the molecule is CCC(C)(C)c1cccc(C(=O)O)c1O. The van der Waals surface area contributed by atoms with Crippen LogP contribution in [0.25, 0.3) is 0 Å². The van der Waals surface area contributed by atoms with Crippen molar-refractivity contribution in [3.05, 3.63) is 29.3 Å². The fourth-order valence-corrected chi connectivity index (χ4v) is 1.45. The van der Waals surface area contributed by atoms with Gasteiger partial charge in [-0.2, -0.15) is 0 Å². The van der Waals surface area contributed by atoms with Gasteiger partial charge in [0.15, 0.2) is 0 Å². The number of hydrogen-bond donors (Lipinski definition) is 2. The number of benzene rings is 1. The molecule has 0 bridgehead atoms. The molecule has 0 aliphatic carbocycles. The first-order valence-electron chi connectivity index (χ1n) is 4.96. The summed E-state index contributed by atoms with van der Waals surface area (Å²) in [5.74, 6) is -1.21. The lowest BCUT2D eigenvalue weighted by Gasteiger charge is -2.24. The second-order valence-electron chi connectivity index (χ2n) is 4.24. The lowest BCUT2D eigenvalue weighted by Crippen LogP contribution is -2.16. The zero-order chi connectivity index (χ0) is 11.6. The molecule has 1 rings (SSSR count). The van der Waals surface area contributed by atoms with Gasteiger partial charge in [-0.3, -0.25) is 0 Å². The lowest BCUT2D eigenvalue weighted by molar-refractivity contribution is 0.0693. The molecule has 0 unspecified atom stereocenters. The normalized spacial score (nSPS) is 11.4. The standard InChI is InChI=1S/C12H16O3/c1-4-12(2,3)9-7-5-6-8(10(9)13)11(14)15/h5-7,13H,4H2,1-3H3,(H,14,15). The molecule has 3 heteroatoms. The van der Waals surface area contributed by atoms with Gasteiger partial charge < -0.3 is 10.2 Å². The smallest absolute Gasteiger partial charge is 0.339 e. The molecule has 15 heavy (non-hydrogen) atoms. The molecular formula is C12H16O3. The Hall–Kier alpha value is -1.51. The summed E-state index contributed by atoms with van der Waals surface area (Å²) in [6.07, 6.45) is 0.837. The molecule has 0 radical (unpaired) electrons. The van der Waals surface area contributed by atoms with Crippen LogP contribution >= 0.6 is 0 Å². The third-order valence-corrected chi connectivity index (χ3v) is 2.88. The van der Waals surface area contributed by atoms with E-state index in [2.05, 4.69) is 0 Å². The highest BCUT2D eigenvalue weighted by Crippen LogP contribution is 2.35. The number of rotatable bonds is 3. The van der Waals surface area contributed by atoms with Crippen LogP contribution in [0.5, 0.6) is 5.75 Å². The van der Waals surface area contributed by atoms with E-state index in [4.69, 9.17) is 5.11 Å². The van der Waals surface area contributed by atoms with Crippen molar-refractivity contribution in [2.75, 3.05) is 0 Å². The number of aromatic carboxylic acids is 1. The Balaban J connectivity index is 3.33. The van der Waals surface area contributed by atoms with Crippen LogP contribution in [0, 0.1) is 0 Å². The summed E-state index contributed by atoms with van der Waals surface area (Å²) >= 11 is 0. The van der Waals surface area contributed by atoms with E-state index in [1.165, 1.54) is 6.07 Å². The zero-order valence-electron chi connectivity index (χ0n) is 9.24. The van der Waals surface area contributed by atoms with Crippen molar-refractivity contribution in [2.45, 2.75) is 32.6 Å². The first kappa shape index (κ1) is 11.6. The summed E-state index contributed by atoms with van der Waals surface area (Å²) in [5.41, 5.74) is 0.439. The Morgan fingerprint density at radius 1 is 1.40 bits per heavy atom. The monoisotopic (exact) mass is 208 g/mol. The summed E-state index contributed by atoms with van der Waals surface area (Å²) in [4.78, 5) is 10.8. The van der Waals surface area contributed by atoms with Crippen molar-refractivity contribution in [3.63, 3.8) is 0 Å². The van der Waals surface area contributed by atoms with Crippen LogP contribution in [0.1, 0.15) is 43.1 Å². The average Bonchev–Trinajstić information content (AvgIpc) is 2.17. The molecule has 82 valence electrons. The van der Waals surface area contributed by atoms with Gasteiger partial charge in [-0.05, 0) is 17.9 Å². The molecule has 2 N–H and O–H groups in total. The van der Waals surface area contributed by atoms with Gasteiger partial charge in [-0.15, -0.1) is 0 Å². The van der Waals surface area contributed by atoms with Crippen LogP contribution in [-0.2, 0) is 5.41 Å². The summed E-state index contributed by atoms with van der Waals surface area (Å²) in [7, 11) is 0. The van der Waals surface area contributed by atoms with Gasteiger partial charge in [0.2, 0.25) is 0 Å². The highest BCUT2D eigenvalue weighted by atomic mass is 16.4. The van der Waals surface area contributed by atoms with Gasteiger partial charge in [0, 0.05) is 5.56 Å². The zero-order valence-corrected chi connectivity index (χ0v) is 9.24. The molecule has 1 aromatic rings. The molecular weight excluding hydrogens is 192 g/mol. The molecule has 0 aliphatic rings. The number of hydrogen-bond acceptors (Lipinski definition) is 2. The van der Waals surface area contributed by atoms with E-state index >= 15 is 0 Å². The van der Waals surface area contributed by atoms with Gasteiger partial charge in [0.1, 0.15) is 11.3 Å². The van der Waals surface area contributed by atoms with Crippen LogP contribution in [0.2, 0.25) is 0 Å². The van der Waals surface area contributed by atoms with E-state index in [-0.39, 0.29) is 16.7 Å². The molecule has 1 aromatic carbocycles. The Labute approximate surface area is 89.4 Å². The Morgan fingerprint density at radius 2 is 2.00 bits per heavy atom. The van der Waals surface area contributed by atoms with E-state index in [0.717, 1.165) is 6.42 Å². The predicted octanol–water partition coefficient (Wildman–Crippen LogP) is 2.78. The van der Waals surface area contributed by atoms with Crippen LogP contribution in [-0.4, -0.2) is 16.2 Å². The molecule has 0 amide bonds. The molecule has 0 heterocycles. The highest BCUT2D eigenvalue weighted by Gasteiger charge is 2.24. The average molecular weight is 208 g/mol. The third kappa shape index (κ3) is 2.12. The van der Waals surface area contributed by atoms with Crippen molar-refractivity contribution < 1.29 is 15.0 Å². The highest BCUT2D eigenvalue weighted by molar-refractivity contribution is 5.91. The van der Waals surface area contributed by atoms with Crippen LogP contribution in [0.15, 0.2) is 18.2 Å². The minimum absolute atomic E-state index is 0.0333. The molecule has 0 atom stereocenters. The molecule has 0 aliphatic heterocycles. The minimum Gasteiger partial charge on any atom is -0.507 e. The van der Waals surface area contributed by atoms with Crippen molar-refractivity contribution in [2.24, 2.45) is 0 Å². The van der Waals surface area contributed by atoms with Crippen LogP contribution < -0.4 is 0 Å². The van der Waals surface area contributed by atoms with Gasteiger partial charge in [0.25, 0.3) is 0 Å². The maximum atomic E-state index is 10.8. The second-order valence-corrected chi connectivity index (χ2v) is 4.24. The Kier molecular flexibility index (Phi) is 3.03. The number of carbonyl (C=O) groups is 1. The Morgan fingerprint density at radius 3 is 2.47 bits per heavy atom. The molecule has 0 aromatic heterocycles. The predicted molar refractivity (Wildman–Crippen MR) is 58.4 cm³/mol. The first-order valence-corrected chi connectivity index (χ1v) is 4.96. The van der Waals surface area contributed by atoms with E-state index in [1.807, 2.05) is 20.8 Å². The molecule has 0 saturated heterocycles. The van der Waals surface area contributed by atoms with Crippen LogP contribution in [0.4, 0.5) is 0 Å². The van der Waals surface area contributed by atoms with Crippen molar-refractivity contribution in [3.8, 4) is 5.75 Å². The fourth-order valence-electron chi connectivity index (χ4n) is 1.45. The van der Waals surface area contributed by atoms with E-state index in [9.17, 15) is 9.90 Å². The maximum Gasteiger partial charge on any atom is 0.339 e. The van der Waals surface area contributed by atoms with E-state index in [1.54, 1.807) is 12.1 Å². The van der Waals surface area contributed by atoms with Gasteiger partial charge in [-0.25, -0.2) is 4.79 Å². The van der Waals surface area contributed by atoms with Crippen LogP contribution in [0.3, 0.4) is 0 Å². The summed E-state index contributed by atoms with van der Waals surface area (Å²) in [5, 5.41) is 18.7. The fraction of sp³-hybridized carbons (Fsp3) is 0.417. The van der Waals surface area contributed by atoms with Crippen molar-refractivity contribution in [1.82, 2.24) is 0 Å². The lowest BCUT2D eigenvalue weighted by atomic mass is 9.81. The number of phenols is 1. The first-order chi connectivity index (χ1) is 6.90. The minimum atomic E-state index is -1.10. The second kappa shape index (κ2) is 3.93. The van der Waals surface area contributed by atoms with Gasteiger partial charge in [0.05, 0.1) is 0 Å². The van der Waals surface area contributed by atoms with Crippen molar-refractivity contribution in [1.29, 1.82) is 0 Å². The molecule has 0 saturated carbocycles. The molecule has 0 fully saturated rings. The number of para-hydroxylation sites is 1. The maximum absolute atomic E-state index is 10.8. The van der Waals surface area contributed by atoms with Gasteiger partial charge in [-0.1, -0.05) is 32.9 Å². The largest absolute Gasteiger partial charge is 0.507 e. The molecule has 0 spiro atoms. The third-order valence-electron chi connectivity index (χ3n) is 2.88. The summed E-state index contributed by atoms with van der Waals surface area (Å²) < 4.78 is 0. The molecule has 3 nitrogen and oxygen atoms in total. The quantitative estimate of drug-likeness (QED) is 0.803. The Bertz CT molecular complexity index is 380. The number of carboxylic acid groups (broad SMARTS) is 1. The number of aromatic hydroxyl groups is 1. The van der Waals surface area contributed by atoms with E-state index < -0.39 is 5.97 Å². The summed E-state index contributed by atoms with van der Waals surface area (Å²) in [6.45, 7) is 5.97. The van der Waals surface area contributed by atoms with Gasteiger partial charge >= 0.3 is 5.97 Å².